The lowest BCUT2D eigenvalue weighted by Crippen LogP contribution is -2.18. The molecule has 1 aromatic heterocycles. The highest BCUT2D eigenvalue weighted by molar-refractivity contribution is 5.97. The minimum atomic E-state index is -0.552. The Bertz CT molecular complexity index is 1070. The first-order valence-corrected chi connectivity index (χ1v) is 9.22. The first-order chi connectivity index (χ1) is 14.5. The number of rotatable bonds is 7. The van der Waals surface area contributed by atoms with Crippen molar-refractivity contribution < 1.29 is 14.5 Å². The van der Waals surface area contributed by atoms with Crippen LogP contribution in [0.15, 0.2) is 54.9 Å². The standard InChI is InChI=1S/C21H21N5O4/c1-4-14-9-11-15(12-10-14)24-19-18(26(28)29)20(23-13-22-19)25(2)17-8-6-5-7-16(17)21(27)30-3/h5-13H,4H2,1-3H3,(H,22,23,24). The van der Waals surface area contributed by atoms with Crippen LogP contribution in [0.25, 0.3) is 0 Å². The number of anilines is 4. The second-order valence-electron chi connectivity index (χ2n) is 6.39. The Kier molecular flexibility index (Phi) is 6.21. The summed E-state index contributed by atoms with van der Waals surface area (Å²) in [5, 5.41) is 14.9. The molecule has 0 bridgehead atoms. The number of ether oxygens (including phenoxy) is 1. The van der Waals surface area contributed by atoms with Gasteiger partial charge < -0.3 is 15.0 Å². The molecule has 3 rings (SSSR count). The third-order valence-corrected chi connectivity index (χ3v) is 4.60. The highest BCUT2D eigenvalue weighted by Gasteiger charge is 2.28. The average molecular weight is 407 g/mol. The Morgan fingerprint density at radius 2 is 1.87 bits per heavy atom. The average Bonchev–Trinajstić information content (AvgIpc) is 2.78. The molecule has 1 N–H and O–H groups in total. The minimum Gasteiger partial charge on any atom is -0.465 e. The largest absolute Gasteiger partial charge is 0.465 e. The maximum absolute atomic E-state index is 12.1. The first-order valence-electron chi connectivity index (χ1n) is 9.22. The number of para-hydroxylation sites is 1. The van der Waals surface area contributed by atoms with Crippen LogP contribution in [0.5, 0.6) is 0 Å². The number of benzene rings is 2. The van der Waals surface area contributed by atoms with Crippen LogP contribution in [0.3, 0.4) is 0 Å². The van der Waals surface area contributed by atoms with Crippen molar-refractivity contribution in [2.45, 2.75) is 13.3 Å². The zero-order valence-corrected chi connectivity index (χ0v) is 16.8. The van der Waals surface area contributed by atoms with Gasteiger partial charge in [-0.2, -0.15) is 0 Å². The summed E-state index contributed by atoms with van der Waals surface area (Å²) in [7, 11) is 2.87. The number of carbonyl (C=O) groups is 1. The van der Waals surface area contributed by atoms with Crippen molar-refractivity contribution in [3.05, 3.63) is 76.1 Å². The lowest BCUT2D eigenvalue weighted by Gasteiger charge is -2.21. The molecule has 30 heavy (non-hydrogen) atoms. The van der Waals surface area contributed by atoms with Crippen LogP contribution in [0, 0.1) is 10.1 Å². The lowest BCUT2D eigenvalue weighted by molar-refractivity contribution is -0.383. The predicted octanol–water partition coefficient (Wildman–Crippen LogP) is 4.25. The summed E-state index contributed by atoms with van der Waals surface area (Å²) in [5.74, 6) is -0.459. The van der Waals surface area contributed by atoms with E-state index in [2.05, 4.69) is 15.3 Å². The minimum absolute atomic E-state index is 0.0408. The van der Waals surface area contributed by atoms with Gasteiger partial charge in [0.15, 0.2) is 0 Å². The maximum Gasteiger partial charge on any atom is 0.354 e. The molecule has 0 aliphatic rings. The number of nitrogens with one attached hydrogen (secondary N) is 1. The van der Waals surface area contributed by atoms with Crippen LogP contribution < -0.4 is 10.2 Å². The second-order valence-corrected chi connectivity index (χ2v) is 6.39. The number of nitrogens with zero attached hydrogens (tertiary/aromatic N) is 4. The summed E-state index contributed by atoms with van der Waals surface area (Å²) in [6.07, 6.45) is 2.13. The number of aromatic nitrogens is 2. The van der Waals surface area contributed by atoms with Gasteiger partial charge in [0, 0.05) is 12.7 Å². The second kappa shape index (κ2) is 8.99. The van der Waals surface area contributed by atoms with E-state index < -0.39 is 10.9 Å². The summed E-state index contributed by atoms with van der Waals surface area (Å²) in [6, 6.07) is 14.2. The van der Waals surface area contributed by atoms with Crippen LogP contribution in [0.1, 0.15) is 22.8 Å². The van der Waals surface area contributed by atoms with Gasteiger partial charge in [0.05, 0.1) is 23.3 Å². The fourth-order valence-corrected chi connectivity index (χ4v) is 3.00. The fourth-order valence-electron chi connectivity index (χ4n) is 3.00. The van der Waals surface area contributed by atoms with Gasteiger partial charge in [0.2, 0.25) is 11.6 Å². The first kappa shape index (κ1) is 20.7. The fraction of sp³-hybridized carbons (Fsp3) is 0.190. The third-order valence-electron chi connectivity index (χ3n) is 4.60. The molecule has 0 saturated heterocycles. The van der Waals surface area contributed by atoms with Crippen molar-refractivity contribution in [2.75, 3.05) is 24.4 Å². The molecule has 9 heteroatoms. The number of aryl methyl sites for hydroxylation is 1. The molecule has 0 radical (unpaired) electrons. The number of carbonyl (C=O) groups excluding carboxylic acids is 1. The number of nitro groups is 1. The van der Waals surface area contributed by atoms with Gasteiger partial charge in [-0.1, -0.05) is 31.2 Å². The molecule has 0 fully saturated rings. The molecule has 2 aromatic carbocycles. The van der Waals surface area contributed by atoms with Crippen LogP contribution >= 0.6 is 0 Å². The number of hydrogen-bond donors (Lipinski definition) is 1. The number of esters is 1. The van der Waals surface area contributed by atoms with Gasteiger partial charge in [-0.3, -0.25) is 10.1 Å². The molecule has 0 aliphatic carbocycles. The molecular formula is C21H21N5O4. The smallest absolute Gasteiger partial charge is 0.354 e. The Hall–Kier alpha value is -4.01. The maximum atomic E-state index is 12.1. The van der Waals surface area contributed by atoms with Crippen LogP contribution in [0.2, 0.25) is 0 Å². The van der Waals surface area contributed by atoms with Crippen molar-refractivity contribution in [1.82, 2.24) is 9.97 Å². The van der Waals surface area contributed by atoms with E-state index in [1.165, 1.54) is 18.3 Å². The molecule has 9 nitrogen and oxygen atoms in total. The van der Waals surface area contributed by atoms with Crippen LogP contribution in [-0.4, -0.2) is 35.0 Å². The van der Waals surface area contributed by atoms with Gasteiger partial charge >= 0.3 is 11.7 Å². The van der Waals surface area contributed by atoms with E-state index in [0.29, 0.717) is 11.4 Å². The van der Waals surface area contributed by atoms with E-state index in [4.69, 9.17) is 4.74 Å². The summed E-state index contributed by atoms with van der Waals surface area (Å²) in [5.41, 5.74) is 2.19. The molecule has 1 heterocycles. The number of hydrogen-bond acceptors (Lipinski definition) is 8. The molecule has 0 amide bonds. The van der Waals surface area contributed by atoms with Crippen LogP contribution in [0.4, 0.5) is 28.7 Å². The molecule has 0 aliphatic heterocycles. The molecule has 3 aromatic rings. The topological polar surface area (TPSA) is 110 Å². The van der Waals surface area contributed by atoms with E-state index in [-0.39, 0.29) is 22.9 Å². The Morgan fingerprint density at radius 3 is 2.50 bits per heavy atom. The highest BCUT2D eigenvalue weighted by Crippen LogP contribution is 2.37. The summed E-state index contributed by atoms with van der Waals surface area (Å²) in [4.78, 5) is 33.1. The van der Waals surface area contributed by atoms with Crippen molar-refractivity contribution in [3.63, 3.8) is 0 Å². The summed E-state index contributed by atoms with van der Waals surface area (Å²) >= 11 is 0. The molecule has 154 valence electrons. The van der Waals surface area contributed by atoms with Gasteiger partial charge in [-0.05, 0) is 36.2 Å². The number of methoxy groups -OCH3 is 1. The zero-order chi connectivity index (χ0) is 21.7. The summed E-state index contributed by atoms with van der Waals surface area (Å²) in [6.45, 7) is 2.05. The van der Waals surface area contributed by atoms with Crippen molar-refractivity contribution in [2.24, 2.45) is 0 Å². The van der Waals surface area contributed by atoms with Gasteiger partial charge in [-0.25, -0.2) is 14.8 Å². The summed E-state index contributed by atoms with van der Waals surface area (Å²) < 4.78 is 4.82. The molecule has 0 atom stereocenters. The van der Waals surface area contributed by atoms with Crippen LogP contribution in [-0.2, 0) is 11.2 Å². The van der Waals surface area contributed by atoms with E-state index in [9.17, 15) is 14.9 Å². The SMILES string of the molecule is CCc1ccc(Nc2ncnc(N(C)c3ccccc3C(=O)OC)c2[N+](=O)[O-])cc1. The molecule has 0 unspecified atom stereocenters. The Morgan fingerprint density at radius 1 is 1.17 bits per heavy atom. The van der Waals surface area contributed by atoms with Gasteiger partial charge in [0.1, 0.15) is 6.33 Å². The zero-order valence-electron chi connectivity index (χ0n) is 16.8. The van der Waals surface area contributed by atoms with E-state index in [0.717, 1.165) is 12.0 Å². The molecule has 0 saturated carbocycles. The van der Waals surface area contributed by atoms with Crippen molar-refractivity contribution >= 4 is 34.7 Å². The van der Waals surface area contributed by atoms with Gasteiger partial charge in [-0.15, -0.1) is 0 Å². The highest BCUT2D eigenvalue weighted by atomic mass is 16.6. The van der Waals surface area contributed by atoms with E-state index in [1.807, 2.05) is 31.2 Å². The van der Waals surface area contributed by atoms with E-state index in [1.54, 1.807) is 31.3 Å². The Balaban J connectivity index is 2.05. The third kappa shape index (κ3) is 4.19. The molecular weight excluding hydrogens is 386 g/mol. The molecule has 0 spiro atoms. The van der Waals surface area contributed by atoms with E-state index >= 15 is 0 Å². The normalized spacial score (nSPS) is 10.4. The Labute approximate surface area is 173 Å². The quantitative estimate of drug-likeness (QED) is 0.352. The monoisotopic (exact) mass is 407 g/mol. The lowest BCUT2D eigenvalue weighted by atomic mass is 10.1. The van der Waals surface area contributed by atoms with Crippen molar-refractivity contribution in [3.8, 4) is 0 Å². The van der Waals surface area contributed by atoms with Gasteiger partial charge in [0.25, 0.3) is 0 Å². The predicted molar refractivity (Wildman–Crippen MR) is 114 cm³/mol. The van der Waals surface area contributed by atoms with Crippen molar-refractivity contribution in [1.29, 1.82) is 0 Å².